The van der Waals surface area contributed by atoms with Gasteiger partial charge in [0.1, 0.15) is 21.5 Å². The second-order valence-electron chi connectivity index (χ2n) is 7.98. The number of β-amino-alcohol motifs (C(OH)–C–C–N with tert-alkyl or cyclic N) is 1. The molecule has 5 heterocycles. The highest BCUT2D eigenvalue weighted by Gasteiger charge is 2.33. The normalized spacial score (nSPS) is 18.6. The highest BCUT2D eigenvalue weighted by Crippen LogP contribution is 2.34. The fourth-order valence-electron chi connectivity index (χ4n) is 4.11. The molecular weight excluding hydrogens is 474 g/mol. The van der Waals surface area contributed by atoms with Gasteiger partial charge < -0.3 is 14.4 Å². The summed E-state index contributed by atoms with van der Waals surface area (Å²) < 4.78 is 7.27. The number of thioether (sulfide) groups is 1. The average molecular weight is 498 g/mol. The number of rotatable bonds is 6. The number of furan rings is 1. The second kappa shape index (κ2) is 9.71. The van der Waals surface area contributed by atoms with Gasteiger partial charge in [-0.25, -0.2) is 4.98 Å². The summed E-state index contributed by atoms with van der Waals surface area (Å²) in [7, 11) is 0. The summed E-state index contributed by atoms with van der Waals surface area (Å²) >= 11 is 6.61. The van der Waals surface area contributed by atoms with Crippen LogP contribution in [0, 0.1) is 0 Å². The molecule has 0 spiro atoms. The minimum Gasteiger partial charge on any atom is -0.467 e. The number of carbonyl (C=O) groups excluding carboxylic acids is 1. The zero-order valence-electron chi connectivity index (χ0n) is 18.3. The van der Waals surface area contributed by atoms with Crippen molar-refractivity contribution >= 4 is 51.7 Å². The Balaban J connectivity index is 1.52. The second-order valence-corrected chi connectivity index (χ2v) is 9.66. The molecule has 0 saturated carbocycles. The molecule has 0 aliphatic carbocycles. The number of nitrogens with zero attached hydrogens (tertiary/aromatic N) is 5. The molecule has 2 fully saturated rings. The van der Waals surface area contributed by atoms with Crippen LogP contribution in [0.5, 0.6) is 0 Å². The highest BCUT2D eigenvalue weighted by molar-refractivity contribution is 8.26. The van der Waals surface area contributed by atoms with E-state index in [1.165, 1.54) is 21.1 Å². The molecule has 3 aromatic rings. The van der Waals surface area contributed by atoms with E-state index in [-0.39, 0.29) is 24.6 Å². The Labute approximate surface area is 205 Å². The Morgan fingerprint density at radius 2 is 1.97 bits per heavy atom. The van der Waals surface area contributed by atoms with Crippen molar-refractivity contribution in [3.63, 3.8) is 0 Å². The largest absolute Gasteiger partial charge is 0.467 e. The molecule has 0 bridgehead atoms. The number of carbonyl (C=O) groups is 1. The predicted octanol–water partition coefficient (Wildman–Crippen LogP) is 1.80. The number of thiocarbonyl (C=S) groups is 1. The van der Waals surface area contributed by atoms with Crippen LogP contribution in [0.3, 0.4) is 0 Å². The lowest BCUT2D eigenvalue weighted by molar-refractivity contribution is -0.122. The lowest BCUT2D eigenvalue weighted by atomic mass is 10.2. The van der Waals surface area contributed by atoms with Gasteiger partial charge in [0.2, 0.25) is 0 Å². The molecule has 2 aliphatic heterocycles. The van der Waals surface area contributed by atoms with E-state index in [4.69, 9.17) is 21.6 Å². The summed E-state index contributed by atoms with van der Waals surface area (Å²) in [4.78, 5) is 37.5. The number of anilines is 1. The van der Waals surface area contributed by atoms with Crippen LogP contribution in [0.1, 0.15) is 11.3 Å². The molecule has 176 valence electrons. The first-order valence-electron chi connectivity index (χ1n) is 10.9. The molecule has 9 nitrogen and oxygen atoms in total. The van der Waals surface area contributed by atoms with Crippen molar-refractivity contribution in [3.05, 3.63) is 69.4 Å². The first-order valence-corrected chi connectivity index (χ1v) is 12.1. The van der Waals surface area contributed by atoms with Crippen molar-refractivity contribution in [1.29, 1.82) is 0 Å². The third-order valence-corrected chi connectivity index (χ3v) is 7.26. The number of aromatic nitrogens is 2. The third-order valence-electron chi connectivity index (χ3n) is 5.88. The summed E-state index contributed by atoms with van der Waals surface area (Å²) in [6.07, 6.45) is 4.84. The molecule has 3 aromatic heterocycles. The van der Waals surface area contributed by atoms with Crippen LogP contribution in [-0.4, -0.2) is 73.8 Å². The number of aliphatic hydroxyl groups excluding tert-OH is 1. The maximum absolute atomic E-state index is 13.5. The summed E-state index contributed by atoms with van der Waals surface area (Å²) in [6, 6.07) is 8.95. The van der Waals surface area contributed by atoms with E-state index >= 15 is 0 Å². The van der Waals surface area contributed by atoms with Crippen LogP contribution in [0.4, 0.5) is 5.82 Å². The Hall–Kier alpha value is -2.99. The van der Waals surface area contributed by atoms with Gasteiger partial charge in [0, 0.05) is 38.9 Å². The van der Waals surface area contributed by atoms with Gasteiger partial charge in [-0.3, -0.25) is 23.8 Å². The van der Waals surface area contributed by atoms with E-state index in [0.717, 1.165) is 13.1 Å². The van der Waals surface area contributed by atoms with E-state index < -0.39 is 0 Å². The average Bonchev–Trinajstić information content (AvgIpc) is 3.45. The van der Waals surface area contributed by atoms with Crippen LogP contribution in [0.2, 0.25) is 0 Å². The van der Waals surface area contributed by atoms with E-state index in [0.29, 0.717) is 51.6 Å². The predicted molar refractivity (Wildman–Crippen MR) is 135 cm³/mol. The van der Waals surface area contributed by atoms with Gasteiger partial charge in [-0.05, 0) is 30.3 Å². The van der Waals surface area contributed by atoms with E-state index in [1.807, 2.05) is 6.07 Å². The monoisotopic (exact) mass is 497 g/mol. The molecule has 0 aromatic carbocycles. The maximum Gasteiger partial charge on any atom is 0.267 e. The van der Waals surface area contributed by atoms with Crippen molar-refractivity contribution in [1.82, 2.24) is 19.2 Å². The Morgan fingerprint density at radius 1 is 1.15 bits per heavy atom. The molecule has 1 N–H and O–H groups in total. The number of hydrogen-bond acceptors (Lipinski definition) is 9. The number of fused-ring (bicyclic) bond motifs is 1. The maximum atomic E-state index is 13.5. The molecule has 1 amide bonds. The zero-order valence-corrected chi connectivity index (χ0v) is 19.9. The SMILES string of the molecule is O=C1C(=Cc2c(N3CCN(CCO)CC3)nc3ccccn3c2=O)SC(=S)N1Cc1ccco1. The summed E-state index contributed by atoms with van der Waals surface area (Å²) in [5.74, 6) is 0.922. The summed E-state index contributed by atoms with van der Waals surface area (Å²) in [5.41, 5.74) is 0.662. The topological polar surface area (TPSA) is 94.5 Å². The fraction of sp³-hybridized carbons (Fsp3) is 0.304. The van der Waals surface area contributed by atoms with Gasteiger partial charge in [-0.1, -0.05) is 30.0 Å². The van der Waals surface area contributed by atoms with E-state index in [2.05, 4.69) is 9.80 Å². The van der Waals surface area contributed by atoms with Crippen LogP contribution in [0.25, 0.3) is 11.7 Å². The van der Waals surface area contributed by atoms with E-state index in [1.54, 1.807) is 42.8 Å². The van der Waals surface area contributed by atoms with Crippen molar-refractivity contribution in [3.8, 4) is 0 Å². The van der Waals surface area contributed by atoms with Crippen LogP contribution < -0.4 is 10.5 Å². The fourth-order valence-corrected chi connectivity index (χ4v) is 5.35. The van der Waals surface area contributed by atoms with Crippen molar-refractivity contribution in [2.45, 2.75) is 6.54 Å². The van der Waals surface area contributed by atoms with Crippen molar-refractivity contribution in [2.75, 3.05) is 44.2 Å². The Kier molecular flexibility index (Phi) is 6.50. The highest BCUT2D eigenvalue weighted by atomic mass is 32.2. The summed E-state index contributed by atoms with van der Waals surface area (Å²) in [5, 5.41) is 9.23. The molecule has 0 radical (unpaired) electrons. The lowest BCUT2D eigenvalue weighted by Crippen LogP contribution is -2.48. The molecule has 0 unspecified atom stereocenters. The van der Waals surface area contributed by atoms with Crippen molar-refractivity contribution in [2.24, 2.45) is 0 Å². The Morgan fingerprint density at radius 3 is 2.71 bits per heavy atom. The number of aliphatic hydroxyl groups is 1. The molecule has 34 heavy (non-hydrogen) atoms. The molecular formula is C23H23N5O4S2. The van der Waals surface area contributed by atoms with Gasteiger partial charge in [0.25, 0.3) is 11.5 Å². The van der Waals surface area contributed by atoms with Gasteiger partial charge in [0.05, 0.1) is 29.9 Å². The first-order chi connectivity index (χ1) is 16.5. The van der Waals surface area contributed by atoms with Crippen LogP contribution in [-0.2, 0) is 11.3 Å². The number of piperazine rings is 1. The minimum atomic E-state index is -0.261. The quantitative estimate of drug-likeness (QED) is 0.404. The molecule has 2 saturated heterocycles. The lowest BCUT2D eigenvalue weighted by Gasteiger charge is -2.35. The van der Waals surface area contributed by atoms with Gasteiger partial charge in [0.15, 0.2) is 0 Å². The van der Waals surface area contributed by atoms with Gasteiger partial charge in [-0.15, -0.1) is 0 Å². The number of pyridine rings is 1. The minimum absolute atomic E-state index is 0.112. The zero-order chi connectivity index (χ0) is 23.7. The standard InChI is InChI=1S/C23H23N5O4S2/c29-12-11-25-7-9-26(10-8-25)20-17(21(30)27-6-2-1-5-19(27)24-20)14-18-22(31)28(23(33)34-18)15-16-4-3-13-32-16/h1-6,13-14,29H,7-12,15H2. The smallest absolute Gasteiger partial charge is 0.267 e. The number of amides is 1. The molecule has 0 atom stereocenters. The van der Waals surface area contributed by atoms with Crippen LogP contribution >= 0.6 is 24.0 Å². The Bertz CT molecular complexity index is 1310. The van der Waals surface area contributed by atoms with E-state index in [9.17, 15) is 14.7 Å². The molecule has 11 heteroatoms. The van der Waals surface area contributed by atoms with Gasteiger partial charge >= 0.3 is 0 Å². The van der Waals surface area contributed by atoms with Crippen molar-refractivity contribution < 1.29 is 14.3 Å². The number of hydrogen-bond donors (Lipinski definition) is 1. The van der Waals surface area contributed by atoms with Crippen LogP contribution in [0.15, 0.2) is 56.9 Å². The molecule has 2 aliphatic rings. The summed E-state index contributed by atoms with van der Waals surface area (Å²) in [6.45, 7) is 3.80. The van der Waals surface area contributed by atoms with Gasteiger partial charge in [-0.2, -0.15) is 0 Å². The molecule has 5 rings (SSSR count). The first kappa shape index (κ1) is 22.8. The third kappa shape index (κ3) is 4.39.